The number of rotatable bonds is 12. The molecule has 2 aromatic rings. The highest BCUT2D eigenvalue weighted by molar-refractivity contribution is 7.89. The number of allylic oxidation sites excluding steroid dienone is 1. The number of carbonyl (C=O) groups is 1. The first-order chi connectivity index (χ1) is 17.4. The molecule has 2 atom stereocenters. The number of aliphatic hydroxyl groups is 1. The average Bonchev–Trinajstić information content (AvgIpc) is 2.91. The molecule has 36 heavy (non-hydrogen) atoms. The Morgan fingerprint density at radius 1 is 1.19 bits per heavy atom. The van der Waals surface area contributed by atoms with E-state index in [1.165, 1.54) is 19.2 Å². The zero-order chi connectivity index (χ0) is 26.0. The summed E-state index contributed by atoms with van der Waals surface area (Å²) in [5.74, 6) is 2.37. The van der Waals surface area contributed by atoms with E-state index in [1.54, 1.807) is 18.2 Å². The smallest absolute Gasteiger partial charge is 0.286 e. The van der Waals surface area contributed by atoms with E-state index in [0.29, 0.717) is 12.2 Å². The second-order valence-corrected chi connectivity index (χ2v) is 9.83. The summed E-state index contributed by atoms with van der Waals surface area (Å²) in [6.07, 6.45) is 6.61. The van der Waals surface area contributed by atoms with Crippen LogP contribution in [0.25, 0.3) is 0 Å². The number of methoxy groups -OCH3 is 1. The summed E-state index contributed by atoms with van der Waals surface area (Å²) in [5.41, 5.74) is 0.987. The van der Waals surface area contributed by atoms with Crippen molar-refractivity contribution in [2.45, 2.75) is 23.5 Å². The molecule has 192 valence electrons. The molecule has 9 nitrogen and oxygen atoms in total. The number of hydrogen-bond acceptors (Lipinski definition) is 7. The van der Waals surface area contributed by atoms with Crippen LogP contribution in [0.5, 0.6) is 5.75 Å². The lowest BCUT2D eigenvalue weighted by Gasteiger charge is -2.30. The van der Waals surface area contributed by atoms with E-state index >= 15 is 0 Å². The van der Waals surface area contributed by atoms with Crippen molar-refractivity contribution < 1.29 is 32.5 Å². The van der Waals surface area contributed by atoms with Crippen molar-refractivity contribution in [3.05, 3.63) is 72.0 Å². The SMILES string of the molecule is C#CCNC(=O)C1=C[C@@H](c2ccccc2)C[C@@H](OCCN(CCO)S(=O)(=O)c2ccc(OC)cc2)O1. The van der Waals surface area contributed by atoms with Crippen LogP contribution in [-0.4, -0.2) is 70.0 Å². The van der Waals surface area contributed by atoms with Gasteiger partial charge in [0, 0.05) is 25.4 Å². The molecule has 2 N–H and O–H groups in total. The molecule has 0 aliphatic carbocycles. The predicted molar refractivity (Wildman–Crippen MR) is 133 cm³/mol. The van der Waals surface area contributed by atoms with Gasteiger partial charge in [-0.2, -0.15) is 4.31 Å². The van der Waals surface area contributed by atoms with Gasteiger partial charge in [0.05, 0.1) is 31.8 Å². The van der Waals surface area contributed by atoms with Gasteiger partial charge < -0.3 is 24.6 Å². The quantitative estimate of drug-likeness (QED) is 0.416. The van der Waals surface area contributed by atoms with Gasteiger partial charge in [0.2, 0.25) is 16.3 Å². The molecular weight excluding hydrogens is 484 g/mol. The number of carbonyl (C=O) groups excluding carboxylic acids is 1. The minimum Gasteiger partial charge on any atom is -0.497 e. The van der Waals surface area contributed by atoms with Crippen molar-refractivity contribution in [1.82, 2.24) is 9.62 Å². The number of ether oxygens (including phenoxy) is 3. The Labute approximate surface area is 211 Å². The molecule has 3 rings (SSSR count). The summed E-state index contributed by atoms with van der Waals surface area (Å²) < 4.78 is 44.0. The van der Waals surface area contributed by atoms with E-state index in [-0.39, 0.29) is 49.4 Å². The highest BCUT2D eigenvalue weighted by Crippen LogP contribution is 2.31. The second-order valence-electron chi connectivity index (χ2n) is 7.89. The number of nitrogens with one attached hydrogen (secondary N) is 1. The minimum absolute atomic E-state index is 0.0131. The molecule has 1 amide bonds. The summed E-state index contributed by atoms with van der Waals surface area (Å²) in [4.78, 5) is 12.6. The topological polar surface area (TPSA) is 114 Å². The molecular formula is C26H30N2O7S. The van der Waals surface area contributed by atoms with Gasteiger partial charge in [-0.1, -0.05) is 36.3 Å². The molecule has 2 aromatic carbocycles. The molecule has 0 spiro atoms. The Bertz CT molecular complexity index is 1180. The molecule has 1 heterocycles. The summed E-state index contributed by atoms with van der Waals surface area (Å²) in [5, 5.41) is 12.0. The normalized spacial score (nSPS) is 17.6. The number of amides is 1. The summed E-state index contributed by atoms with van der Waals surface area (Å²) in [6, 6.07) is 15.6. The maximum atomic E-state index is 13.1. The Balaban J connectivity index is 1.69. The van der Waals surface area contributed by atoms with E-state index in [9.17, 15) is 18.3 Å². The number of benzene rings is 2. The van der Waals surface area contributed by atoms with E-state index in [2.05, 4.69) is 11.2 Å². The van der Waals surface area contributed by atoms with Crippen LogP contribution in [-0.2, 0) is 24.3 Å². The molecule has 1 aliphatic rings. The van der Waals surface area contributed by atoms with Crippen LogP contribution >= 0.6 is 0 Å². The maximum Gasteiger partial charge on any atom is 0.286 e. The van der Waals surface area contributed by atoms with Gasteiger partial charge in [-0.3, -0.25) is 4.79 Å². The summed E-state index contributed by atoms with van der Waals surface area (Å²) in [7, 11) is -2.38. The highest BCUT2D eigenvalue weighted by Gasteiger charge is 2.30. The number of nitrogens with zero attached hydrogens (tertiary/aromatic N) is 1. The Morgan fingerprint density at radius 3 is 2.56 bits per heavy atom. The molecule has 0 bridgehead atoms. The molecule has 0 unspecified atom stereocenters. The van der Waals surface area contributed by atoms with Crippen molar-refractivity contribution in [2.75, 3.05) is 40.0 Å². The largest absolute Gasteiger partial charge is 0.497 e. The van der Waals surface area contributed by atoms with E-state index < -0.39 is 22.2 Å². The molecule has 0 fully saturated rings. The third-order valence-electron chi connectivity index (χ3n) is 5.55. The molecule has 0 aromatic heterocycles. The standard InChI is InChI=1S/C26H30N2O7S/c1-3-13-27-26(30)24-18-21(20-7-5-4-6-8-20)19-25(35-24)34-17-15-28(14-16-29)36(31,32)23-11-9-22(33-2)10-12-23/h1,4-12,18,21,25,29H,13-17,19H2,2H3,(H,27,30)/t21-,25+/m1/s1. The summed E-state index contributed by atoms with van der Waals surface area (Å²) >= 11 is 0. The predicted octanol–water partition coefficient (Wildman–Crippen LogP) is 1.86. The Kier molecular flexibility index (Phi) is 9.90. The monoisotopic (exact) mass is 514 g/mol. The fraction of sp³-hybridized carbons (Fsp3) is 0.346. The molecule has 0 radical (unpaired) electrons. The maximum absolute atomic E-state index is 13.1. The first-order valence-electron chi connectivity index (χ1n) is 11.4. The van der Waals surface area contributed by atoms with Crippen LogP contribution in [0.1, 0.15) is 17.9 Å². The van der Waals surface area contributed by atoms with E-state index in [1.807, 2.05) is 30.3 Å². The minimum atomic E-state index is -3.88. The summed E-state index contributed by atoms with van der Waals surface area (Å²) in [6.45, 7) is -0.433. The van der Waals surface area contributed by atoms with Crippen LogP contribution in [0, 0.1) is 12.3 Å². The van der Waals surface area contributed by atoms with Crippen LogP contribution in [0.15, 0.2) is 71.3 Å². The Hall–Kier alpha value is -3.36. The molecule has 0 saturated carbocycles. The van der Waals surface area contributed by atoms with Crippen molar-refractivity contribution in [3.63, 3.8) is 0 Å². The highest BCUT2D eigenvalue weighted by atomic mass is 32.2. The third-order valence-corrected chi connectivity index (χ3v) is 7.46. The van der Waals surface area contributed by atoms with Gasteiger partial charge in [-0.05, 0) is 35.9 Å². The zero-order valence-electron chi connectivity index (χ0n) is 20.0. The molecule has 1 aliphatic heterocycles. The van der Waals surface area contributed by atoms with Gasteiger partial charge >= 0.3 is 0 Å². The van der Waals surface area contributed by atoms with Crippen molar-refractivity contribution in [2.24, 2.45) is 0 Å². The fourth-order valence-electron chi connectivity index (χ4n) is 3.72. The number of aliphatic hydroxyl groups excluding tert-OH is 1. The van der Waals surface area contributed by atoms with E-state index in [4.69, 9.17) is 20.6 Å². The lowest BCUT2D eigenvalue weighted by molar-refractivity contribution is -0.146. The van der Waals surface area contributed by atoms with Gasteiger partial charge in [-0.25, -0.2) is 8.42 Å². The van der Waals surface area contributed by atoms with Crippen molar-refractivity contribution in [1.29, 1.82) is 0 Å². The first-order valence-corrected chi connectivity index (χ1v) is 12.8. The van der Waals surface area contributed by atoms with Gasteiger partial charge in [0.1, 0.15) is 5.75 Å². The number of hydrogen-bond donors (Lipinski definition) is 2. The van der Waals surface area contributed by atoms with Gasteiger partial charge in [0.25, 0.3) is 5.91 Å². The van der Waals surface area contributed by atoms with Crippen molar-refractivity contribution >= 4 is 15.9 Å². The van der Waals surface area contributed by atoms with Crippen LogP contribution in [0.2, 0.25) is 0 Å². The molecule has 10 heteroatoms. The Morgan fingerprint density at radius 2 is 1.92 bits per heavy atom. The molecule has 0 saturated heterocycles. The van der Waals surface area contributed by atoms with Gasteiger partial charge in [-0.15, -0.1) is 6.42 Å². The number of sulfonamides is 1. The average molecular weight is 515 g/mol. The van der Waals surface area contributed by atoms with Crippen LogP contribution in [0.4, 0.5) is 0 Å². The van der Waals surface area contributed by atoms with Gasteiger partial charge in [0.15, 0.2) is 5.76 Å². The number of terminal acetylenes is 1. The van der Waals surface area contributed by atoms with Crippen LogP contribution < -0.4 is 10.1 Å². The van der Waals surface area contributed by atoms with E-state index in [0.717, 1.165) is 9.87 Å². The van der Waals surface area contributed by atoms with Crippen LogP contribution in [0.3, 0.4) is 0 Å². The van der Waals surface area contributed by atoms with Crippen molar-refractivity contribution in [3.8, 4) is 18.1 Å². The zero-order valence-corrected chi connectivity index (χ0v) is 20.8. The fourth-order valence-corrected chi connectivity index (χ4v) is 5.13. The first kappa shape index (κ1) is 27.2. The second kappa shape index (κ2) is 13.1. The third kappa shape index (κ3) is 7.08. The lowest BCUT2D eigenvalue weighted by Crippen LogP contribution is -2.38. The lowest BCUT2D eigenvalue weighted by atomic mass is 9.93.